The third-order valence-corrected chi connectivity index (χ3v) is 5.23. The van der Waals surface area contributed by atoms with Crippen molar-refractivity contribution in [3.8, 4) is 0 Å². The molecule has 6 heteroatoms. The number of amides is 2. The van der Waals surface area contributed by atoms with Gasteiger partial charge in [0.2, 0.25) is 11.8 Å². The summed E-state index contributed by atoms with van der Waals surface area (Å²) in [6.45, 7) is 1.84. The molecule has 1 aromatic rings. The Morgan fingerprint density at radius 2 is 1.95 bits per heavy atom. The molecule has 0 N–H and O–H groups in total. The van der Waals surface area contributed by atoms with E-state index in [0.717, 1.165) is 0 Å². The average molecular weight is 324 g/mol. The summed E-state index contributed by atoms with van der Waals surface area (Å²) in [7, 11) is 0. The number of hydrogen-bond acceptors (Lipinski definition) is 3. The number of halogens is 2. The Bertz CT molecular complexity index is 717. The number of anilines is 1. The van der Waals surface area contributed by atoms with Crippen LogP contribution in [-0.2, 0) is 14.3 Å². The maximum absolute atomic E-state index is 12.7. The second kappa shape index (κ2) is 4.09. The van der Waals surface area contributed by atoms with E-state index in [9.17, 15) is 9.59 Å². The lowest BCUT2D eigenvalue weighted by Gasteiger charge is -2.24. The molecular weight excluding hydrogens is 313 g/mol. The first-order chi connectivity index (χ1) is 9.92. The van der Waals surface area contributed by atoms with Gasteiger partial charge in [-0.15, -0.1) is 0 Å². The normalized spacial score (nSPS) is 36.7. The van der Waals surface area contributed by atoms with Gasteiger partial charge in [-0.1, -0.05) is 35.4 Å². The van der Waals surface area contributed by atoms with E-state index >= 15 is 0 Å². The van der Waals surface area contributed by atoms with Gasteiger partial charge < -0.3 is 4.74 Å². The lowest BCUT2D eigenvalue weighted by atomic mass is 9.78. The van der Waals surface area contributed by atoms with Gasteiger partial charge in [0.1, 0.15) is 0 Å². The fourth-order valence-electron chi connectivity index (χ4n) is 3.53. The van der Waals surface area contributed by atoms with Gasteiger partial charge in [0.15, 0.2) is 0 Å². The zero-order valence-electron chi connectivity index (χ0n) is 11.0. The van der Waals surface area contributed by atoms with Crippen LogP contribution < -0.4 is 4.90 Å². The summed E-state index contributed by atoms with van der Waals surface area (Å²) in [5, 5.41) is 0.701. The van der Waals surface area contributed by atoms with Crippen LogP contribution in [0.5, 0.6) is 0 Å². The average Bonchev–Trinajstić information content (AvgIpc) is 3.03. The van der Waals surface area contributed by atoms with Crippen molar-refractivity contribution in [3.63, 3.8) is 0 Å². The minimum Gasteiger partial charge on any atom is -0.362 e. The highest BCUT2D eigenvalue weighted by Gasteiger charge is 2.66. The molecule has 2 bridgehead atoms. The highest BCUT2D eigenvalue weighted by molar-refractivity contribution is 6.42. The van der Waals surface area contributed by atoms with Crippen LogP contribution >= 0.6 is 23.2 Å². The Balaban J connectivity index is 1.78. The molecule has 4 rings (SSSR count). The minimum absolute atomic E-state index is 0.235. The molecule has 0 unspecified atom stereocenters. The van der Waals surface area contributed by atoms with Gasteiger partial charge in [-0.25, -0.2) is 4.90 Å². The van der Waals surface area contributed by atoms with Crippen LogP contribution in [0, 0.1) is 11.8 Å². The Morgan fingerprint density at radius 3 is 2.62 bits per heavy atom. The van der Waals surface area contributed by atoms with Crippen LogP contribution in [0.1, 0.15) is 6.92 Å². The molecule has 0 saturated carbocycles. The fourth-order valence-corrected chi connectivity index (χ4v) is 3.82. The molecule has 0 aliphatic carbocycles. The van der Waals surface area contributed by atoms with E-state index in [1.54, 1.807) is 18.2 Å². The number of carbonyl (C=O) groups is 2. The maximum Gasteiger partial charge on any atom is 0.241 e. The van der Waals surface area contributed by atoms with Gasteiger partial charge in [0.05, 0.1) is 39.3 Å². The molecule has 0 aromatic heterocycles. The molecule has 0 radical (unpaired) electrons. The molecule has 3 heterocycles. The van der Waals surface area contributed by atoms with Gasteiger partial charge in [0.25, 0.3) is 0 Å². The fraction of sp³-hybridized carbons (Fsp3) is 0.333. The largest absolute Gasteiger partial charge is 0.362 e. The molecule has 1 aromatic carbocycles. The molecule has 2 amide bonds. The van der Waals surface area contributed by atoms with Crippen molar-refractivity contribution < 1.29 is 14.3 Å². The lowest BCUT2D eigenvalue weighted by Crippen LogP contribution is -2.38. The number of benzene rings is 1. The highest BCUT2D eigenvalue weighted by atomic mass is 35.5. The van der Waals surface area contributed by atoms with Gasteiger partial charge in [-0.3, -0.25) is 9.59 Å². The van der Waals surface area contributed by atoms with Crippen LogP contribution in [0.3, 0.4) is 0 Å². The number of imide groups is 1. The number of rotatable bonds is 1. The quantitative estimate of drug-likeness (QED) is 0.589. The monoisotopic (exact) mass is 323 g/mol. The van der Waals surface area contributed by atoms with E-state index in [4.69, 9.17) is 27.9 Å². The van der Waals surface area contributed by atoms with E-state index in [1.807, 2.05) is 19.1 Å². The minimum atomic E-state index is -0.687. The van der Waals surface area contributed by atoms with Crippen LogP contribution in [0.4, 0.5) is 5.69 Å². The smallest absolute Gasteiger partial charge is 0.241 e. The topological polar surface area (TPSA) is 46.6 Å². The van der Waals surface area contributed by atoms with Crippen molar-refractivity contribution in [1.82, 2.24) is 0 Å². The molecule has 2 saturated heterocycles. The predicted octanol–water partition coefficient (Wildman–Crippen LogP) is 2.83. The Labute approximate surface area is 131 Å². The lowest BCUT2D eigenvalue weighted by molar-refractivity contribution is -0.126. The standard InChI is InChI=1S/C15H11Cl2NO3/c1-15-5-4-10(21-15)11-12(15)14(20)18(13(11)19)7-2-3-8(16)9(17)6-7/h2-6,10-12H,1H3/t10-,11+,12+,15-/m0/s1. The van der Waals surface area contributed by atoms with Crippen LogP contribution in [0.2, 0.25) is 10.0 Å². The summed E-state index contributed by atoms with van der Waals surface area (Å²) in [6.07, 6.45) is 3.43. The van der Waals surface area contributed by atoms with E-state index in [2.05, 4.69) is 0 Å². The van der Waals surface area contributed by atoms with Gasteiger partial charge >= 0.3 is 0 Å². The molecule has 3 aliphatic rings. The summed E-state index contributed by atoms with van der Waals surface area (Å²) in [6, 6.07) is 4.75. The van der Waals surface area contributed by atoms with E-state index in [1.165, 1.54) is 4.90 Å². The zero-order chi connectivity index (χ0) is 14.9. The first-order valence-electron chi connectivity index (χ1n) is 6.62. The molecule has 108 valence electrons. The maximum atomic E-state index is 12.7. The first kappa shape index (κ1) is 13.3. The van der Waals surface area contributed by atoms with Crippen LogP contribution in [0.25, 0.3) is 0 Å². The summed E-state index contributed by atoms with van der Waals surface area (Å²) in [5.74, 6) is -1.38. The molecular formula is C15H11Cl2NO3. The Kier molecular flexibility index (Phi) is 2.60. The second-order valence-corrected chi connectivity index (χ2v) is 6.55. The van der Waals surface area contributed by atoms with Crippen molar-refractivity contribution in [2.24, 2.45) is 11.8 Å². The van der Waals surface area contributed by atoms with Gasteiger partial charge in [-0.05, 0) is 25.1 Å². The summed E-state index contributed by atoms with van der Waals surface area (Å²) >= 11 is 11.9. The summed E-state index contributed by atoms with van der Waals surface area (Å²) < 4.78 is 5.77. The van der Waals surface area contributed by atoms with Crippen LogP contribution in [-0.4, -0.2) is 23.5 Å². The zero-order valence-corrected chi connectivity index (χ0v) is 12.6. The van der Waals surface area contributed by atoms with Crippen molar-refractivity contribution in [2.75, 3.05) is 4.90 Å². The number of ether oxygens (including phenoxy) is 1. The SMILES string of the molecule is C[C@@]12C=C[C@H](O1)[C@H]1C(=O)N(c3ccc(Cl)c(Cl)c3)C(=O)[C@@H]12. The highest BCUT2D eigenvalue weighted by Crippen LogP contribution is 2.52. The van der Waals surface area contributed by atoms with Crippen LogP contribution in [0.15, 0.2) is 30.4 Å². The Hall–Kier alpha value is -1.36. The van der Waals surface area contributed by atoms with E-state index in [-0.39, 0.29) is 17.9 Å². The third-order valence-electron chi connectivity index (χ3n) is 4.49. The molecule has 2 fully saturated rings. The third kappa shape index (κ3) is 1.61. The molecule has 4 nitrogen and oxygen atoms in total. The predicted molar refractivity (Wildman–Crippen MR) is 78.4 cm³/mol. The van der Waals surface area contributed by atoms with E-state index in [0.29, 0.717) is 15.7 Å². The van der Waals surface area contributed by atoms with Crippen molar-refractivity contribution in [2.45, 2.75) is 18.6 Å². The number of carbonyl (C=O) groups excluding carboxylic acids is 2. The number of nitrogens with zero attached hydrogens (tertiary/aromatic N) is 1. The van der Waals surface area contributed by atoms with E-state index < -0.39 is 17.4 Å². The van der Waals surface area contributed by atoms with Crippen molar-refractivity contribution >= 4 is 40.7 Å². The summed E-state index contributed by atoms with van der Waals surface area (Å²) in [4.78, 5) is 26.6. The number of fused-ring (bicyclic) bond motifs is 5. The molecule has 3 aliphatic heterocycles. The van der Waals surface area contributed by atoms with Crippen molar-refractivity contribution in [3.05, 3.63) is 40.4 Å². The molecule has 4 atom stereocenters. The molecule has 21 heavy (non-hydrogen) atoms. The van der Waals surface area contributed by atoms with Gasteiger partial charge in [-0.2, -0.15) is 0 Å². The molecule has 0 spiro atoms. The first-order valence-corrected chi connectivity index (χ1v) is 7.38. The van der Waals surface area contributed by atoms with Crippen molar-refractivity contribution in [1.29, 1.82) is 0 Å². The summed E-state index contributed by atoms with van der Waals surface area (Å²) in [5.41, 5.74) is -0.232. The Morgan fingerprint density at radius 1 is 1.19 bits per heavy atom. The van der Waals surface area contributed by atoms with Gasteiger partial charge in [0, 0.05) is 0 Å². The second-order valence-electron chi connectivity index (χ2n) is 5.74. The number of hydrogen-bond donors (Lipinski definition) is 0.